The van der Waals surface area contributed by atoms with Crippen LogP contribution in [0, 0.1) is 5.92 Å². The van der Waals surface area contributed by atoms with Gasteiger partial charge in [0.1, 0.15) is 11.6 Å². The monoisotopic (exact) mass is 661 g/mol. The van der Waals surface area contributed by atoms with Gasteiger partial charge in [0, 0.05) is 67.9 Å². The van der Waals surface area contributed by atoms with E-state index in [1.54, 1.807) is 6.20 Å². The summed E-state index contributed by atoms with van der Waals surface area (Å²) in [5.74, 6) is 1.74. The molecule has 11 nitrogen and oxygen atoms in total. The maximum atomic E-state index is 13.0. The molecule has 1 aromatic carbocycles. The Bertz CT molecular complexity index is 1780. The largest absolute Gasteiger partial charge is 0.390 e. The first-order valence-corrected chi connectivity index (χ1v) is 18.5. The molecule has 2 aromatic heterocycles. The summed E-state index contributed by atoms with van der Waals surface area (Å²) >= 11 is 0. The van der Waals surface area contributed by atoms with Gasteiger partial charge in [-0.1, -0.05) is 12.6 Å². The fraction of sp³-hybridized carbons (Fsp3) is 0.543. The zero-order valence-electron chi connectivity index (χ0n) is 28.1. The number of anilines is 4. The number of nitrogens with zero attached hydrogens (tertiary/aromatic N) is 6. The molecule has 3 saturated heterocycles. The predicted molar refractivity (Wildman–Crippen MR) is 187 cm³/mol. The van der Waals surface area contributed by atoms with Gasteiger partial charge in [0.15, 0.2) is 9.84 Å². The molecular weight excluding hydrogens is 614 g/mol. The summed E-state index contributed by atoms with van der Waals surface area (Å²) in [5, 5.41) is 15.7. The molecule has 6 rings (SSSR count). The fourth-order valence-electron chi connectivity index (χ4n) is 7.39. The number of sulfone groups is 1. The molecule has 0 radical (unpaired) electrons. The third-order valence-electron chi connectivity index (χ3n) is 10.9. The molecule has 2 N–H and O–H groups in total. The molecule has 5 heterocycles. The number of hydrogen-bond acceptors (Lipinski definition) is 10. The number of benzene rings is 1. The molecule has 0 saturated carbocycles. The molecule has 3 aliphatic heterocycles. The molecule has 3 fully saturated rings. The number of nitrogens with one attached hydrogen (secondary N) is 1. The number of carbonyl (C=O) groups excluding carboxylic acids is 1. The van der Waals surface area contributed by atoms with Gasteiger partial charge in [-0.15, -0.1) is 0 Å². The van der Waals surface area contributed by atoms with Crippen LogP contribution in [0.1, 0.15) is 71.4 Å². The number of pyridine rings is 1. The summed E-state index contributed by atoms with van der Waals surface area (Å²) in [5.41, 5.74) is 1.38. The van der Waals surface area contributed by atoms with Crippen LogP contribution in [0.25, 0.3) is 10.8 Å². The molecule has 47 heavy (non-hydrogen) atoms. The van der Waals surface area contributed by atoms with Gasteiger partial charge in [-0.3, -0.25) is 4.79 Å². The molecule has 1 amide bonds. The van der Waals surface area contributed by atoms with Gasteiger partial charge in [-0.25, -0.2) is 18.4 Å². The van der Waals surface area contributed by atoms with E-state index in [0.29, 0.717) is 56.6 Å². The summed E-state index contributed by atoms with van der Waals surface area (Å²) in [4.78, 5) is 33.3. The third kappa shape index (κ3) is 6.29. The highest BCUT2D eigenvalue weighted by Crippen LogP contribution is 2.45. The Morgan fingerprint density at radius 2 is 1.85 bits per heavy atom. The maximum absolute atomic E-state index is 13.0. The van der Waals surface area contributed by atoms with Crippen LogP contribution in [-0.2, 0) is 14.6 Å². The number of hydrogen-bond donors (Lipinski definition) is 2. The second-order valence-corrected chi connectivity index (χ2v) is 16.9. The van der Waals surface area contributed by atoms with Crippen molar-refractivity contribution in [2.75, 3.05) is 47.6 Å². The van der Waals surface area contributed by atoms with E-state index in [9.17, 15) is 18.3 Å². The molecule has 3 aromatic rings. The van der Waals surface area contributed by atoms with Crippen LogP contribution in [-0.4, -0.2) is 88.1 Å². The van der Waals surface area contributed by atoms with Crippen LogP contribution in [0.5, 0.6) is 0 Å². The Morgan fingerprint density at radius 1 is 1.11 bits per heavy atom. The number of rotatable bonds is 8. The number of likely N-dealkylation sites (tertiary alicyclic amines) is 1. The van der Waals surface area contributed by atoms with Crippen LogP contribution in [0.2, 0.25) is 0 Å². The Balaban J connectivity index is 1.36. The van der Waals surface area contributed by atoms with Crippen LogP contribution < -0.4 is 15.1 Å². The van der Waals surface area contributed by atoms with Crippen molar-refractivity contribution in [2.45, 2.75) is 82.2 Å². The van der Waals surface area contributed by atoms with Crippen molar-refractivity contribution in [2.24, 2.45) is 5.92 Å². The molecule has 3 aliphatic rings. The van der Waals surface area contributed by atoms with E-state index in [1.807, 2.05) is 44.0 Å². The van der Waals surface area contributed by atoms with Gasteiger partial charge < -0.3 is 25.1 Å². The maximum Gasteiger partial charge on any atom is 0.246 e. The zero-order chi connectivity index (χ0) is 33.7. The van der Waals surface area contributed by atoms with Crippen molar-refractivity contribution in [1.29, 1.82) is 0 Å². The van der Waals surface area contributed by atoms with E-state index < -0.39 is 20.2 Å². The fourth-order valence-corrected chi connectivity index (χ4v) is 8.21. The number of carbonyl (C=O) groups is 1. The molecule has 0 spiro atoms. The summed E-state index contributed by atoms with van der Waals surface area (Å²) < 4.78 is 24.4. The van der Waals surface area contributed by atoms with E-state index in [4.69, 9.17) is 9.97 Å². The minimum Gasteiger partial charge on any atom is -0.390 e. The summed E-state index contributed by atoms with van der Waals surface area (Å²) in [6.07, 6.45) is 10.4. The molecule has 0 aliphatic carbocycles. The van der Waals surface area contributed by atoms with Gasteiger partial charge in [0.2, 0.25) is 11.9 Å². The van der Waals surface area contributed by atoms with E-state index in [-0.39, 0.29) is 23.9 Å². The van der Waals surface area contributed by atoms with Crippen molar-refractivity contribution >= 4 is 49.8 Å². The molecular formula is C35H47N7O4S. The topological polar surface area (TPSA) is 132 Å². The highest BCUT2D eigenvalue weighted by Gasteiger charge is 2.50. The van der Waals surface area contributed by atoms with Gasteiger partial charge in [-0.05, 0) is 95.0 Å². The standard InChI is InChI=1S/C35H47N7O4S/c1-7-32(43)41-17-9-8-10-28(41)24-11-12-29(42-22-27(23(42)2)34(3,4)47(6,45)46)26-21-37-31(20-25(24)26)38-30-13-16-36-33(39-30)40-18-14-35(5,44)15-19-40/h7,11-13,16,20-21,23,27-28,44H,1,8-10,14-15,17-19,22H2,2-6H3,(H,36,37,38,39)/t23-,27+,28-/m1/s1. The quantitative estimate of drug-likeness (QED) is 0.318. The van der Waals surface area contributed by atoms with E-state index in [0.717, 1.165) is 41.3 Å². The van der Waals surface area contributed by atoms with Crippen LogP contribution in [0.3, 0.4) is 0 Å². The van der Waals surface area contributed by atoms with Crippen LogP contribution in [0.15, 0.2) is 49.3 Å². The molecule has 0 unspecified atom stereocenters. The number of amides is 1. The molecule has 252 valence electrons. The first kappa shape index (κ1) is 33.1. The SMILES string of the molecule is C=CC(=O)N1CCCC[C@@H]1c1ccc(N2C[C@H](C(C)(C)S(C)(=O)=O)[C@H]2C)c2cnc(Nc3ccnc(N4CCC(C)(O)CC4)n3)cc12. The Hall–Kier alpha value is -3.77. The lowest BCUT2D eigenvalue weighted by atomic mass is 9.79. The van der Waals surface area contributed by atoms with Crippen LogP contribution in [0.4, 0.5) is 23.3 Å². The summed E-state index contributed by atoms with van der Waals surface area (Å²) in [6, 6.07) is 7.97. The number of aromatic nitrogens is 3. The van der Waals surface area contributed by atoms with E-state index in [2.05, 4.69) is 45.7 Å². The van der Waals surface area contributed by atoms with Gasteiger partial charge in [0.25, 0.3) is 0 Å². The molecule has 3 atom stereocenters. The van der Waals surface area contributed by atoms with Crippen molar-refractivity contribution in [3.05, 3.63) is 54.9 Å². The highest BCUT2D eigenvalue weighted by molar-refractivity contribution is 7.92. The van der Waals surface area contributed by atoms with Crippen molar-refractivity contribution in [3.8, 4) is 0 Å². The van der Waals surface area contributed by atoms with Gasteiger partial charge >= 0.3 is 0 Å². The lowest BCUT2D eigenvalue weighted by Gasteiger charge is -2.54. The average Bonchev–Trinajstić information content (AvgIpc) is 3.03. The van der Waals surface area contributed by atoms with Gasteiger partial charge in [-0.2, -0.15) is 4.98 Å². The zero-order valence-corrected chi connectivity index (χ0v) is 28.9. The predicted octanol–water partition coefficient (Wildman–Crippen LogP) is 5.01. The number of piperidine rings is 2. The molecule has 0 bridgehead atoms. The highest BCUT2D eigenvalue weighted by atomic mass is 32.2. The lowest BCUT2D eigenvalue weighted by Crippen LogP contribution is -2.64. The van der Waals surface area contributed by atoms with Crippen molar-refractivity contribution in [3.63, 3.8) is 0 Å². The Kier molecular flexibility index (Phi) is 8.71. The minimum atomic E-state index is -3.25. The van der Waals surface area contributed by atoms with Crippen molar-refractivity contribution < 1.29 is 18.3 Å². The summed E-state index contributed by atoms with van der Waals surface area (Å²) in [7, 11) is -3.25. The van der Waals surface area contributed by atoms with Crippen molar-refractivity contribution in [1.82, 2.24) is 19.9 Å². The first-order chi connectivity index (χ1) is 22.2. The smallest absolute Gasteiger partial charge is 0.246 e. The summed E-state index contributed by atoms with van der Waals surface area (Å²) in [6.45, 7) is 14.0. The minimum absolute atomic E-state index is 0.0121. The van der Waals surface area contributed by atoms with E-state index >= 15 is 0 Å². The van der Waals surface area contributed by atoms with Crippen LogP contribution >= 0.6 is 0 Å². The number of aliphatic hydroxyl groups is 1. The average molecular weight is 662 g/mol. The second-order valence-electron chi connectivity index (χ2n) is 14.3. The normalized spacial score (nSPS) is 23.4. The lowest BCUT2D eigenvalue weighted by molar-refractivity contribution is -0.129. The Labute approximate surface area is 278 Å². The third-order valence-corrected chi connectivity index (χ3v) is 13.1. The second kappa shape index (κ2) is 12.4. The van der Waals surface area contributed by atoms with E-state index in [1.165, 1.54) is 12.3 Å². The first-order valence-electron chi connectivity index (χ1n) is 16.6. The number of fused-ring (bicyclic) bond motifs is 1. The van der Waals surface area contributed by atoms with Gasteiger partial charge in [0.05, 0.1) is 16.4 Å². The molecule has 12 heteroatoms. The Morgan fingerprint density at radius 3 is 2.53 bits per heavy atom.